The molecule has 0 aliphatic heterocycles. The molecule has 0 bridgehead atoms. The highest BCUT2D eigenvalue weighted by Crippen LogP contribution is 2.53. The fourth-order valence-corrected chi connectivity index (χ4v) is 2.65. The Hall–Kier alpha value is -1.05. The number of halogens is 1. The van der Waals surface area contributed by atoms with Crippen LogP contribution in [0.3, 0.4) is 0 Å². The van der Waals surface area contributed by atoms with E-state index in [1.807, 2.05) is 19.9 Å². The van der Waals surface area contributed by atoms with Crippen molar-refractivity contribution in [3.63, 3.8) is 0 Å². The van der Waals surface area contributed by atoms with Gasteiger partial charge in [-0.05, 0) is 42.0 Å². The highest BCUT2D eigenvalue weighted by molar-refractivity contribution is 6.37. The predicted molar refractivity (Wildman–Crippen MR) is 73.2 cm³/mol. The average Bonchev–Trinajstić information content (AvgIpc) is 3.08. The normalized spacial score (nSPS) is 22.4. The van der Waals surface area contributed by atoms with Crippen molar-refractivity contribution in [3.8, 4) is 0 Å². The molecule has 1 aliphatic carbocycles. The van der Waals surface area contributed by atoms with Gasteiger partial charge in [-0.25, -0.2) is 4.39 Å². The first-order valence-corrected chi connectivity index (χ1v) is 6.36. The van der Waals surface area contributed by atoms with Crippen molar-refractivity contribution < 1.29 is 4.39 Å². The van der Waals surface area contributed by atoms with Gasteiger partial charge in [0.25, 0.3) is 0 Å². The van der Waals surface area contributed by atoms with E-state index in [-0.39, 0.29) is 5.82 Å². The molecule has 1 fully saturated rings. The van der Waals surface area contributed by atoms with Crippen LogP contribution in [0.1, 0.15) is 42.4 Å². The number of rotatable bonds is 4. The minimum absolute atomic E-state index is 0.129. The van der Waals surface area contributed by atoms with E-state index in [0.717, 1.165) is 23.1 Å². The molecule has 2 atom stereocenters. The molecule has 0 heterocycles. The molecule has 0 nitrogen and oxygen atoms in total. The van der Waals surface area contributed by atoms with Crippen LogP contribution in [0.2, 0.25) is 12.6 Å². The summed E-state index contributed by atoms with van der Waals surface area (Å²) < 4.78 is 13.9. The number of benzene rings is 1. The van der Waals surface area contributed by atoms with Gasteiger partial charge in [0.05, 0.1) is 0 Å². The lowest BCUT2D eigenvalue weighted by molar-refractivity contribution is 0.621. The molecule has 2 unspecified atom stereocenters. The molecule has 17 heavy (non-hydrogen) atoms. The molecule has 2 heteroatoms. The van der Waals surface area contributed by atoms with Gasteiger partial charge >= 0.3 is 0 Å². The number of hydrogen-bond donors (Lipinski definition) is 0. The summed E-state index contributed by atoms with van der Waals surface area (Å²) in [6.07, 6.45) is 2.01. The van der Waals surface area contributed by atoms with E-state index >= 15 is 0 Å². The Labute approximate surface area is 104 Å². The van der Waals surface area contributed by atoms with Crippen LogP contribution in [0.25, 0.3) is 5.57 Å². The molecule has 1 saturated carbocycles. The second-order valence-corrected chi connectivity index (χ2v) is 4.93. The maximum absolute atomic E-state index is 13.9. The summed E-state index contributed by atoms with van der Waals surface area (Å²) in [5.41, 5.74) is 4.04. The van der Waals surface area contributed by atoms with Crippen LogP contribution in [0.15, 0.2) is 18.7 Å². The van der Waals surface area contributed by atoms with E-state index in [0.29, 0.717) is 11.7 Å². The molecular weight excluding hydrogens is 210 g/mol. The van der Waals surface area contributed by atoms with E-state index in [1.165, 1.54) is 12.0 Å². The molecule has 1 aromatic rings. The lowest BCUT2D eigenvalue weighted by atomic mass is 9.73. The maximum atomic E-state index is 13.9. The van der Waals surface area contributed by atoms with Crippen molar-refractivity contribution in [1.82, 2.24) is 0 Å². The summed E-state index contributed by atoms with van der Waals surface area (Å²) in [5.74, 6) is 1.15. The first kappa shape index (κ1) is 12.4. The van der Waals surface area contributed by atoms with E-state index in [2.05, 4.69) is 20.7 Å². The van der Waals surface area contributed by atoms with Gasteiger partial charge in [-0.3, -0.25) is 0 Å². The summed E-state index contributed by atoms with van der Waals surface area (Å²) in [6, 6.07) is 3.55. The molecule has 0 saturated heterocycles. The van der Waals surface area contributed by atoms with Gasteiger partial charge in [0.2, 0.25) is 0 Å². The van der Waals surface area contributed by atoms with Gasteiger partial charge in [0.1, 0.15) is 13.1 Å². The summed E-state index contributed by atoms with van der Waals surface area (Å²) in [5, 5.41) is 0. The summed E-state index contributed by atoms with van der Waals surface area (Å²) in [7, 11) is 2.25. The third-order valence-corrected chi connectivity index (χ3v) is 3.90. The zero-order valence-corrected chi connectivity index (χ0v) is 10.9. The minimum Gasteiger partial charge on any atom is -0.206 e. The number of hydrogen-bond acceptors (Lipinski definition) is 0. The Morgan fingerprint density at radius 1 is 1.53 bits per heavy atom. The van der Waals surface area contributed by atoms with Crippen LogP contribution in [0.4, 0.5) is 4.39 Å². The molecule has 1 aliphatic rings. The van der Waals surface area contributed by atoms with Crippen LogP contribution >= 0.6 is 0 Å². The van der Waals surface area contributed by atoms with Crippen LogP contribution in [0.5, 0.6) is 0 Å². The van der Waals surface area contributed by atoms with Crippen LogP contribution < -0.4 is 0 Å². The maximum Gasteiger partial charge on any atom is 0.130 e. The van der Waals surface area contributed by atoms with Crippen LogP contribution in [0, 0.1) is 12.7 Å². The molecule has 0 N–H and O–H groups in total. The lowest BCUT2D eigenvalue weighted by Crippen LogP contribution is -1.98. The average molecular weight is 229 g/mol. The summed E-state index contributed by atoms with van der Waals surface area (Å²) in [4.78, 5) is 0. The lowest BCUT2D eigenvalue weighted by Gasteiger charge is -2.13. The first-order chi connectivity index (χ1) is 8.10. The Morgan fingerprint density at radius 2 is 2.24 bits per heavy atom. The third kappa shape index (κ3) is 2.18. The van der Waals surface area contributed by atoms with Crippen molar-refractivity contribution in [3.05, 3.63) is 41.2 Å². The Bertz CT molecular complexity index is 450. The van der Waals surface area contributed by atoms with Gasteiger partial charge in [-0.1, -0.05) is 38.6 Å². The first-order valence-electron chi connectivity index (χ1n) is 6.36. The smallest absolute Gasteiger partial charge is 0.130 e. The largest absolute Gasteiger partial charge is 0.206 e. The molecule has 0 amide bonds. The summed E-state index contributed by atoms with van der Waals surface area (Å²) >= 11 is 0. The van der Waals surface area contributed by atoms with Crippen molar-refractivity contribution >= 4 is 12.9 Å². The zero-order chi connectivity index (χ0) is 12.6. The van der Waals surface area contributed by atoms with Crippen molar-refractivity contribution in [2.24, 2.45) is 0 Å². The van der Waals surface area contributed by atoms with Gasteiger partial charge in [0.15, 0.2) is 0 Å². The highest BCUT2D eigenvalue weighted by Gasteiger charge is 2.37. The molecule has 89 valence electrons. The van der Waals surface area contributed by atoms with Crippen molar-refractivity contribution in [2.75, 3.05) is 0 Å². The Morgan fingerprint density at radius 3 is 2.76 bits per heavy atom. The van der Waals surface area contributed by atoms with E-state index in [9.17, 15) is 4.39 Å². The van der Waals surface area contributed by atoms with Crippen LogP contribution in [-0.2, 0) is 0 Å². The predicted octanol–water partition coefficient (Wildman–Crippen LogP) is 4.59. The van der Waals surface area contributed by atoms with Gasteiger partial charge < -0.3 is 0 Å². The second-order valence-electron chi connectivity index (χ2n) is 4.93. The van der Waals surface area contributed by atoms with Crippen molar-refractivity contribution in [2.45, 2.75) is 45.2 Å². The fourth-order valence-electron chi connectivity index (χ4n) is 2.65. The van der Waals surface area contributed by atoms with E-state index in [1.54, 1.807) is 6.07 Å². The van der Waals surface area contributed by atoms with E-state index < -0.39 is 0 Å². The molecular formula is C15H19BF. The fraction of sp³-hybridized carbons (Fsp3) is 0.467. The SMILES string of the molecule is C=C(CC)c1c(F)ccc(C2CC2[B]C)c1C. The highest BCUT2D eigenvalue weighted by atomic mass is 19.1. The Balaban J connectivity index is 2.40. The number of allylic oxidation sites excluding steroid dienone is 1. The monoisotopic (exact) mass is 229 g/mol. The standard InChI is InChI=1S/C15H19BF/c1-5-9(2)15-10(3)11(6-7-14(15)17)12-8-13(12)16-4/h6-7,12-13H,2,5,8H2,1,3-4H3. The van der Waals surface area contributed by atoms with Crippen LogP contribution in [-0.4, -0.2) is 7.28 Å². The molecule has 1 radical (unpaired) electrons. The third-order valence-electron chi connectivity index (χ3n) is 3.90. The topological polar surface area (TPSA) is 0 Å². The molecule has 2 rings (SSSR count). The second kappa shape index (κ2) is 4.68. The Kier molecular flexibility index (Phi) is 3.41. The molecule has 1 aromatic carbocycles. The molecule has 0 spiro atoms. The van der Waals surface area contributed by atoms with Crippen molar-refractivity contribution in [1.29, 1.82) is 0 Å². The summed E-state index contributed by atoms with van der Waals surface area (Å²) in [6.45, 7) is 10.1. The van der Waals surface area contributed by atoms with Gasteiger partial charge in [-0.2, -0.15) is 0 Å². The minimum atomic E-state index is -0.129. The quantitative estimate of drug-likeness (QED) is 0.662. The van der Waals surface area contributed by atoms with Gasteiger partial charge in [0, 0.05) is 5.56 Å². The zero-order valence-electron chi connectivity index (χ0n) is 10.9. The molecule has 0 aromatic heterocycles. The van der Waals surface area contributed by atoms with E-state index in [4.69, 9.17) is 0 Å². The van der Waals surface area contributed by atoms with Gasteiger partial charge in [-0.15, -0.1) is 0 Å².